The third-order valence-electron chi connectivity index (χ3n) is 9.38. The van der Waals surface area contributed by atoms with Gasteiger partial charge >= 0.3 is 0 Å². The molecule has 0 nitrogen and oxygen atoms in total. The van der Waals surface area contributed by atoms with Gasteiger partial charge in [-0.1, -0.05) is 129 Å². The zero-order valence-electron chi connectivity index (χ0n) is 22.0. The molecule has 0 unspecified atom stereocenters. The van der Waals surface area contributed by atoms with Crippen LogP contribution in [0.25, 0.3) is 76.1 Å². The van der Waals surface area contributed by atoms with Crippen molar-refractivity contribution in [1.29, 1.82) is 0 Å². The first-order chi connectivity index (χ1) is 19.1. The van der Waals surface area contributed by atoms with E-state index in [-0.39, 0.29) is 5.41 Å². The molecule has 0 spiro atoms. The minimum Gasteiger partial charge on any atom is -0.0619 e. The van der Waals surface area contributed by atoms with E-state index in [0.29, 0.717) is 0 Å². The van der Waals surface area contributed by atoms with E-state index in [1.54, 1.807) is 0 Å². The zero-order valence-corrected chi connectivity index (χ0v) is 22.0. The molecule has 8 aromatic carbocycles. The number of hydrogen-bond donors (Lipinski definition) is 0. The van der Waals surface area contributed by atoms with Gasteiger partial charge < -0.3 is 0 Å². The van der Waals surface area contributed by atoms with Gasteiger partial charge in [0.05, 0.1) is 0 Å². The average Bonchev–Trinajstić information content (AvgIpc) is 3.22. The summed E-state index contributed by atoms with van der Waals surface area (Å²) in [7, 11) is 0. The second kappa shape index (κ2) is 7.24. The van der Waals surface area contributed by atoms with Crippen LogP contribution in [0.3, 0.4) is 0 Å². The van der Waals surface area contributed by atoms with E-state index in [1.807, 2.05) is 0 Å². The molecule has 0 heterocycles. The maximum atomic E-state index is 2.50. The molecule has 0 N–H and O–H groups in total. The van der Waals surface area contributed by atoms with Gasteiger partial charge in [0.25, 0.3) is 0 Å². The molecule has 0 bridgehead atoms. The van der Waals surface area contributed by atoms with Gasteiger partial charge in [-0.25, -0.2) is 0 Å². The zero-order chi connectivity index (χ0) is 25.9. The summed E-state index contributed by atoms with van der Waals surface area (Å²) >= 11 is 0. The van der Waals surface area contributed by atoms with Gasteiger partial charge in [-0.05, 0) is 93.3 Å². The van der Waals surface area contributed by atoms with Crippen molar-refractivity contribution >= 4 is 53.9 Å². The normalized spacial score (nSPS) is 14.1. The predicted octanol–water partition coefficient (Wildman–Crippen LogP) is 10.9. The molecule has 182 valence electrons. The van der Waals surface area contributed by atoms with Crippen molar-refractivity contribution in [2.45, 2.75) is 19.3 Å². The van der Waals surface area contributed by atoms with E-state index < -0.39 is 0 Å². The van der Waals surface area contributed by atoms with Crippen LogP contribution in [-0.2, 0) is 5.41 Å². The van der Waals surface area contributed by atoms with Gasteiger partial charge in [0.1, 0.15) is 0 Å². The maximum Gasteiger partial charge on any atom is 0.0165 e. The monoisotopic (exact) mass is 494 g/mol. The van der Waals surface area contributed by atoms with Gasteiger partial charge in [0.15, 0.2) is 0 Å². The Morgan fingerprint density at radius 3 is 1.85 bits per heavy atom. The summed E-state index contributed by atoms with van der Waals surface area (Å²) in [6.45, 7) is 4.78. The summed E-state index contributed by atoms with van der Waals surface area (Å²) in [5.74, 6) is 0. The Labute approximate surface area is 227 Å². The topological polar surface area (TPSA) is 0 Å². The van der Waals surface area contributed by atoms with Crippen LogP contribution in [0.2, 0.25) is 0 Å². The molecule has 1 aliphatic carbocycles. The van der Waals surface area contributed by atoms with Crippen molar-refractivity contribution in [2.24, 2.45) is 0 Å². The van der Waals surface area contributed by atoms with E-state index in [1.165, 1.54) is 87.2 Å². The Morgan fingerprint density at radius 2 is 1.00 bits per heavy atom. The van der Waals surface area contributed by atoms with Crippen LogP contribution in [0.15, 0.2) is 121 Å². The first-order valence-electron chi connectivity index (χ1n) is 13.9. The smallest absolute Gasteiger partial charge is 0.0165 e. The highest BCUT2D eigenvalue weighted by molar-refractivity contribution is 6.27. The van der Waals surface area contributed by atoms with Crippen molar-refractivity contribution in [3.05, 3.63) is 132 Å². The Balaban J connectivity index is 1.45. The third kappa shape index (κ3) is 2.64. The molecular formula is C39H26. The van der Waals surface area contributed by atoms with E-state index in [4.69, 9.17) is 0 Å². The Bertz CT molecular complexity index is 2280. The number of benzene rings is 8. The van der Waals surface area contributed by atoms with Crippen LogP contribution in [0.5, 0.6) is 0 Å². The standard InChI is InChI=1S/C39H26/c1-39(2)35-13-6-5-12-30(35)32-21-20-28-26-10-3-4-11-27(26)33(22-34(28)38(32)39)29-18-16-25-15-14-23-8-7-9-24-17-19-31(29)37(25)36(23)24/h3-22H,1-2H3. The molecule has 0 fully saturated rings. The summed E-state index contributed by atoms with van der Waals surface area (Å²) in [5, 5.41) is 13.3. The quantitative estimate of drug-likeness (QED) is 0.199. The summed E-state index contributed by atoms with van der Waals surface area (Å²) in [6.07, 6.45) is 0. The second-order valence-corrected chi connectivity index (χ2v) is 11.7. The van der Waals surface area contributed by atoms with Crippen molar-refractivity contribution < 1.29 is 0 Å². The number of fused-ring (bicyclic) bond motifs is 7. The van der Waals surface area contributed by atoms with Gasteiger partial charge in [0, 0.05) is 5.41 Å². The lowest BCUT2D eigenvalue weighted by Crippen LogP contribution is -2.15. The highest BCUT2D eigenvalue weighted by atomic mass is 14.4. The van der Waals surface area contributed by atoms with Crippen molar-refractivity contribution in [2.75, 3.05) is 0 Å². The first kappa shape index (κ1) is 21.3. The molecule has 1 aliphatic rings. The first-order valence-corrected chi connectivity index (χ1v) is 13.9. The predicted molar refractivity (Wildman–Crippen MR) is 168 cm³/mol. The molecule has 0 radical (unpaired) electrons. The molecule has 39 heavy (non-hydrogen) atoms. The highest BCUT2D eigenvalue weighted by Gasteiger charge is 2.37. The summed E-state index contributed by atoms with van der Waals surface area (Å²) in [6, 6.07) is 45.6. The van der Waals surface area contributed by atoms with E-state index >= 15 is 0 Å². The van der Waals surface area contributed by atoms with E-state index in [2.05, 4.69) is 135 Å². The van der Waals surface area contributed by atoms with Crippen LogP contribution >= 0.6 is 0 Å². The Morgan fingerprint density at radius 1 is 0.385 bits per heavy atom. The van der Waals surface area contributed by atoms with Gasteiger partial charge in [-0.15, -0.1) is 0 Å². The van der Waals surface area contributed by atoms with Crippen LogP contribution in [0.4, 0.5) is 0 Å². The van der Waals surface area contributed by atoms with E-state index in [0.717, 1.165) is 0 Å². The fourth-order valence-electron chi connectivity index (χ4n) is 7.67. The lowest BCUT2D eigenvalue weighted by atomic mass is 9.78. The molecule has 8 aromatic rings. The largest absolute Gasteiger partial charge is 0.0619 e. The van der Waals surface area contributed by atoms with Crippen LogP contribution < -0.4 is 0 Å². The molecule has 0 aliphatic heterocycles. The molecule has 0 heteroatoms. The molecular weight excluding hydrogens is 468 g/mol. The summed E-state index contributed by atoms with van der Waals surface area (Å²) in [5.41, 5.74) is 8.18. The van der Waals surface area contributed by atoms with Crippen LogP contribution in [0, 0.1) is 0 Å². The van der Waals surface area contributed by atoms with Gasteiger partial charge in [-0.2, -0.15) is 0 Å². The van der Waals surface area contributed by atoms with Crippen molar-refractivity contribution in [1.82, 2.24) is 0 Å². The highest BCUT2D eigenvalue weighted by Crippen LogP contribution is 2.53. The Hall–Kier alpha value is -4.68. The van der Waals surface area contributed by atoms with Crippen molar-refractivity contribution in [3.63, 3.8) is 0 Å². The summed E-state index contributed by atoms with van der Waals surface area (Å²) in [4.78, 5) is 0. The number of rotatable bonds is 1. The fourth-order valence-corrected chi connectivity index (χ4v) is 7.67. The summed E-state index contributed by atoms with van der Waals surface area (Å²) < 4.78 is 0. The fraction of sp³-hybridized carbons (Fsp3) is 0.0769. The molecule has 0 atom stereocenters. The van der Waals surface area contributed by atoms with Crippen LogP contribution in [-0.4, -0.2) is 0 Å². The maximum absolute atomic E-state index is 2.50. The second-order valence-electron chi connectivity index (χ2n) is 11.7. The molecule has 0 amide bonds. The van der Waals surface area contributed by atoms with Gasteiger partial charge in [0.2, 0.25) is 0 Å². The van der Waals surface area contributed by atoms with E-state index in [9.17, 15) is 0 Å². The minimum absolute atomic E-state index is 0.0617. The molecule has 0 saturated heterocycles. The molecule has 0 aromatic heterocycles. The SMILES string of the molecule is CC1(C)c2ccccc2-c2ccc3c(cc(-c4ccc5ccc6cccc7ccc4c5c67)c4ccccc43)c21. The lowest BCUT2D eigenvalue weighted by molar-refractivity contribution is 0.666. The number of hydrogen-bond acceptors (Lipinski definition) is 0. The lowest BCUT2D eigenvalue weighted by Gasteiger charge is -2.24. The molecule has 9 rings (SSSR count). The average molecular weight is 495 g/mol. The molecule has 0 saturated carbocycles. The van der Waals surface area contributed by atoms with Gasteiger partial charge in [-0.3, -0.25) is 0 Å². The minimum atomic E-state index is -0.0617. The third-order valence-corrected chi connectivity index (χ3v) is 9.38. The van der Waals surface area contributed by atoms with Crippen molar-refractivity contribution in [3.8, 4) is 22.3 Å². The Kier molecular flexibility index (Phi) is 3.95. The van der Waals surface area contributed by atoms with Crippen LogP contribution in [0.1, 0.15) is 25.0 Å².